The van der Waals surface area contributed by atoms with Crippen molar-refractivity contribution < 1.29 is 4.79 Å². The Kier molecular flexibility index (Phi) is 2.40. The summed E-state index contributed by atoms with van der Waals surface area (Å²) in [6, 6.07) is 0. The second-order valence-corrected chi connectivity index (χ2v) is 4.87. The van der Waals surface area contributed by atoms with E-state index in [2.05, 4.69) is 40.1 Å². The number of rotatable bonds is 1. The maximum Gasteiger partial charge on any atom is 0.518 e. The van der Waals surface area contributed by atoms with Crippen molar-refractivity contribution in [3.63, 3.8) is 0 Å². The number of carbonyl (C=O) groups excluding carboxylic acids is 1. The van der Waals surface area contributed by atoms with Gasteiger partial charge in [-0.2, -0.15) is 0 Å². The van der Waals surface area contributed by atoms with Crippen molar-refractivity contribution >= 4 is 6.29 Å². The minimum absolute atomic E-state index is 0.0548. The first kappa shape index (κ1) is 10.1. The third-order valence-corrected chi connectivity index (χ3v) is 2.84. The largest absolute Gasteiger partial charge is 0.518 e. The Morgan fingerprint density at radius 1 is 1.46 bits per heavy atom. The fraction of sp³-hybridized carbons (Fsp3) is 0.583. The summed E-state index contributed by atoms with van der Waals surface area (Å²) in [4.78, 5) is 11.1. The van der Waals surface area contributed by atoms with E-state index in [9.17, 15) is 4.79 Å². The molecule has 0 fully saturated rings. The summed E-state index contributed by atoms with van der Waals surface area (Å²) < 4.78 is 0. The molecule has 0 aromatic carbocycles. The quantitative estimate of drug-likeness (QED) is 0.563. The van der Waals surface area contributed by atoms with Gasteiger partial charge in [-0.1, -0.05) is 38.5 Å². The average Bonchev–Trinajstić information content (AvgIpc) is 2.02. The molecule has 1 aliphatic carbocycles. The van der Waals surface area contributed by atoms with Crippen LogP contribution >= 0.6 is 0 Å². The SMILES string of the molecule is CC1=CC=CC([C+]=O)(C(C)(C)C)C1. The van der Waals surface area contributed by atoms with E-state index in [1.165, 1.54) is 5.57 Å². The second-order valence-electron chi connectivity index (χ2n) is 4.87. The van der Waals surface area contributed by atoms with Crippen molar-refractivity contribution in [2.24, 2.45) is 10.8 Å². The molecule has 0 bridgehead atoms. The Hall–Kier alpha value is -0.940. The van der Waals surface area contributed by atoms with Gasteiger partial charge in [-0.05, 0) is 13.0 Å². The number of hydrogen-bond donors (Lipinski definition) is 0. The number of allylic oxidation sites excluding steroid dienone is 4. The molecule has 70 valence electrons. The van der Waals surface area contributed by atoms with E-state index in [4.69, 9.17) is 0 Å². The Morgan fingerprint density at radius 3 is 2.38 bits per heavy atom. The first-order chi connectivity index (χ1) is 5.91. The second kappa shape index (κ2) is 3.08. The Balaban J connectivity index is 3.05. The molecule has 0 amide bonds. The summed E-state index contributed by atoms with van der Waals surface area (Å²) in [5.74, 6) is 0. The van der Waals surface area contributed by atoms with E-state index in [0.717, 1.165) is 6.42 Å². The highest BCUT2D eigenvalue weighted by Gasteiger charge is 2.53. The fourth-order valence-electron chi connectivity index (χ4n) is 1.67. The molecule has 1 nitrogen and oxygen atoms in total. The van der Waals surface area contributed by atoms with Crippen molar-refractivity contribution in [3.8, 4) is 0 Å². The predicted molar refractivity (Wildman–Crippen MR) is 55.1 cm³/mol. The molecule has 0 saturated heterocycles. The monoisotopic (exact) mass is 177 g/mol. The standard InChI is InChI=1S/C12H17O/c1-10-6-5-7-12(8-10,9-13)11(2,3)4/h5-7H,8H2,1-4H3/q+1. The molecule has 0 spiro atoms. The van der Waals surface area contributed by atoms with Crippen LogP contribution in [0.15, 0.2) is 23.8 Å². The fourth-order valence-corrected chi connectivity index (χ4v) is 1.67. The van der Waals surface area contributed by atoms with Gasteiger partial charge in [-0.15, -0.1) is 0 Å². The molecule has 13 heavy (non-hydrogen) atoms. The van der Waals surface area contributed by atoms with Gasteiger partial charge in [0, 0.05) is 16.6 Å². The van der Waals surface area contributed by atoms with Crippen LogP contribution in [0.2, 0.25) is 0 Å². The third kappa shape index (κ3) is 1.71. The molecule has 0 heterocycles. The van der Waals surface area contributed by atoms with Crippen LogP contribution < -0.4 is 0 Å². The predicted octanol–water partition coefficient (Wildman–Crippen LogP) is 3.03. The molecule has 0 saturated carbocycles. The average molecular weight is 177 g/mol. The molecule has 0 aromatic heterocycles. The van der Waals surface area contributed by atoms with E-state index < -0.39 is 5.41 Å². The molecule has 0 radical (unpaired) electrons. The van der Waals surface area contributed by atoms with Gasteiger partial charge < -0.3 is 0 Å². The van der Waals surface area contributed by atoms with Crippen molar-refractivity contribution in [1.29, 1.82) is 0 Å². The molecule has 0 aromatic rings. The van der Waals surface area contributed by atoms with Gasteiger partial charge >= 0.3 is 6.29 Å². The minimum Gasteiger partial charge on any atom is -0.0673 e. The Bertz CT molecular complexity index is 265. The first-order valence-electron chi connectivity index (χ1n) is 4.66. The molecule has 1 rings (SSSR count). The van der Waals surface area contributed by atoms with Crippen molar-refractivity contribution in [3.05, 3.63) is 23.8 Å². The van der Waals surface area contributed by atoms with Gasteiger partial charge in [-0.25, -0.2) is 0 Å². The van der Waals surface area contributed by atoms with E-state index >= 15 is 0 Å². The van der Waals surface area contributed by atoms with Crippen LogP contribution in [0.5, 0.6) is 0 Å². The topological polar surface area (TPSA) is 17.1 Å². The summed E-state index contributed by atoms with van der Waals surface area (Å²) in [7, 11) is 0. The third-order valence-electron chi connectivity index (χ3n) is 2.84. The first-order valence-corrected chi connectivity index (χ1v) is 4.66. The molecule has 1 atom stereocenters. The lowest BCUT2D eigenvalue weighted by atomic mass is 9.63. The van der Waals surface area contributed by atoms with Crippen LogP contribution in [0.3, 0.4) is 0 Å². The lowest BCUT2D eigenvalue weighted by Gasteiger charge is -2.29. The van der Waals surface area contributed by atoms with Gasteiger partial charge in [0.05, 0.1) is 0 Å². The van der Waals surface area contributed by atoms with Crippen molar-refractivity contribution in [1.82, 2.24) is 0 Å². The van der Waals surface area contributed by atoms with Crippen LogP contribution in [0, 0.1) is 10.8 Å². The van der Waals surface area contributed by atoms with Gasteiger partial charge in [0.25, 0.3) is 5.41 Å². The van der Waals surface area contributed by atoms with Crippen LogP contribution in [-0.4, -0.2) is 6.29 Å². The van der Waals surface area contributed by atoms with Crippen LogP contribution in [-0.2, 0) is 4.79 Å². The normalized spacial score (nSPS) is 28.2. The summed E-state index contributed by atoms with van der Waals surface area (Å²) >= 11 is 0. The van der Waals surface area contributed by atoms with Crippen LogP contribution in [0.4, 0.5) is 0 Å². The highest BCUT2D eigenvalue weighted by atomic mass is 16.1. The summed E-state index contributed by atoms with van der Waals surface area (Å²) in [5, 5.41) is 0. The maximum absolute atomic E-state index is 11.1. The number of hydrogen-bond acceptors (Lipinski definition) is 1. The lowest BCUT2D eigenvalue weighted by molar-refractivity contribution is 0.216. The van der Waals surface area contributed by atoms with E-state index in [0.29, 0.717) is 0 Å². The van der Waals surface area contributed by atoms with Gasteiger partial charge in [-0.3, -0.25) is 0 Å². The van der Waals surface area contributed by atoms with E-state index in [1.54, 1.807) is 0 Å². The summed E-state index contributed by atoms with van der Waals surface area (Å²) in [6.45, 7) is 8.31. The maximum atomic E-state index is 11.1. The zero-order chi connectivity index (χ0) is 10.1. The summed E-state index contributed by atoms with van der Waals surface area (Å²) in [5.41, 5.74) is 0.771. The molecule has 1 aliphatic rings. The molecular weight excluding hydrogens is 160 g/mol. The van der Waals surface area contributed by atoms with Gasteiger partial charge in [0.15, 0.2) is 0 Å². The molecular formula is C12H17O+. The molecule has 1 unspecified atom stereocenters. The zero-order valence-corrected chi connectivity index (χ0v) is 8.85. The lowest BCUT2D eigenvalue weighted by Crippen LogP contribution is -2.36. The molecule has 0 aliphatic heterocycles. The summed E-state index contributed by atoms with van der Waals surface area (Å²) in [6.07, 6.45) is 9.02. The van der Waals surface area contributed by atoms with Crippen LogP contribution in [0.25, 0.3) is 0 Å². The molecule has 0 N–H and O–H groups in total. The molecule has 1 heteroatoms. The zero-order valence-electron chi connectivity index (χ0n) is 8.85. The Labute approximate surface area is 80.5 Å². The highest BCUT2D eigenvalue weighted by Crippen LogP contribution is 2.44. The minimum atomic E-state index is -0.425. The van der Waals surface area contributed by atoms with E-state index in [-0.39, 0.29) is 5.41 Å². The van der Waals surface area contributed by atoms with Crippen molar-refractivity contribution in [2.45, 2.75) is 34.1 Å². The van der Waals surface area contributed by atoms with Crippen molar-refractivity contribution in [2.75, 3.05) is 0 Å². The Morgan fingerprint density at radius 2 is 2.08 bits per heavy atom. The van der Waals surface area contributed by atoms with Gasteiger partial charge in [0.2, 0.25) is 0 Å². The highest BCUT2D eigenvalue weighted by molar-refractivity contribution is 5.67. The van der Waals surface area contributed by atoms with Crippen LogP contribution in [0.1, 0.15) is 34.1 Å². The van der Waals surface area contributed by atoms with E-state index in [1.807, 2.05) is 12.2 Å². The smallest absolute Gasteiger partial charge is 0.0673 e. The van der Waals surface area contributed by atoms with Gasteiger partial charge in [0.1, 0.15) is 0 Å².